The molecule has 43 heteroatoms. The van der Waals surface area contributed by atoms with Gasteiger partial charge in [0.1, 0.15) is 96.9 Å². The van der Waals surface area contributed by atoms with Crippen molar-refractivity contribution in [2.45, 2.75) is 319 Å². The maximum atomic E-state index is 16.1. The number of aromatic hydroxyl groups is 1. The number of H-pyrrole nitrogens is 1. The van der Waals surface area contributed by atoms with Crippen LogP contribution in [-0.4, -0.2) is 317 Å². The molecule has 16 amide bonds. The molecule has 3 aliphatic heterocycles. The van der Waals surface area contributed by atoms with Crippen LogP contribution in [0.15, 0.2) is 85.2 Å². The van der Waals surface area contributed by atoms with E-state index in [1.807, 2.05) is 13.8 Å². The number of fused-ring (bicyclic) bond motifs is 4. The lowest BCUT2D eigenvalue weighted by Crippen LogP contribution is -2.62. The molecule has 3 aromatic carbocycles. The number of primary amides is 1. The van der Waals surface area contributed by atoms with Gasteiger partial charge in [-0.3, -0.25) is 86.3 Å². The summed E-state index contributed by atoms with van der Waals surface area (Å²) >= 11 is 0.903. The summed E-state index contributed by atoms with van der Waals surface area (Å²) in [6.07, 6.45) is 9.72. The summed E-state index contributed by atoms with van der Waals surface area (Å²) < 4.78 is 1.46. The van der Waals surface area contributed by atoms with E-state index in [1.165, 1.54) is 68.0 Å². The lowest BCUT2D eigenvalue weighted by Gasteiger charge is -2.36. The van der Waals surface area contributed by atoms with Gasteiger partial charge in [0.25, 0.3) is 0 Å². The standard InChI is InChI=1S/C102H152N20O22S/c1-11-13-33-81-95(137)110-72(46-60(3)4)92(134)116-79(90(132)106-44-28-22-20-18-16-15-17-19-21-23-37-87(127)128)58-145-59-86(126)108-75(48-63-38-40-66(123)41-39-63)98(140)117(8)62(7)89(131)112-77(52-85(105)125)100(142)121-45-29-36-82(121)96(138)115-78(53-104)94(136)113-74(47-61(5)6)101(143)122-56-67(124)51-84(122)97(139)111-73(49-64-54-107-70-32-26-24-30-68(64)70)93(135)109-71(42-43-103)91(133)114-76(99(141)119(10)83(34-14-12-2)102(144)118(81)9)50-65-55-120(57-88(129)130)80-35-27-25-31-69(65)80/h24-27,30-32,35,38-41,54-55,60-62,67,71-79,81-84,107,123-124H,11-23,28-29,33-34,36-37,42-53,56-59,103-104H2,1-10H3,(H2,105,125)(H,106,132)(H,108,126)(H,109,135)(H,110,137)(H,111,139)(H,112,131)(H,113,136)(H,114,133)(H,115,138)(H,116,134)(H,127,128)(H,129,130)/t62-,67?,71-,72?,73-,74-,75-,76-,77-,78-,79-,81-,82-,83-,84-/m0/s1. The quantitative estimate of drug-likeness (QED) is 0.0254. The molecule has 2 aromatic heterocycles. The Kier molecular flexibility index (Phi) is 47.3. The number of amides is 16. The van der Waals surface area contributed by atoms with Gasteiger partial charge in [-0.15, -0.1) is 11.8 Å². The molecule has 8 rings (SSSR count). The van der Waals surface area contributed by atoms with E-state index in [0.29, 0.717) is 77.0 Å². The minimum Gasteiger partial charge on any atom is -0.508 e. The molecule has 798 valence electrons. The number of phenols is 1. The van der Waals surface area contributed by atoms with Crippen LogP contribution in [-0.2, 0) is 112 Å². The van der Waals surface area contributed by atoms with Crippen molar-refractivity contribution in [3.8, 4) is 5.75 Å². The van der Waals surface area contributed by atoms with Gasteiger partial charge in [-0.05, 0) is 124 Å². The highest BCUT2D eigenvalue weighted by Gasteiger charge is 2.47. The molecule has 21 N–H and O–H groups in total. The first-order valence-electron chi connectivity index (χ1n) is 50.8. The van der Waals surface area contributed by atoms with Crippen molar-refractivity contribution in [2.75, 3.05) is 65.4 Å². The smallest absolute Gasteiger partial charge is 0.323 e. The van der Waals surface area contributed by atoms with E-state index < -0.39 is 229 Å². The zero-order valence-corrected chi connectivity index (χ0v) is 85.9. The number of thioether (sulfide) groups is 1. The number of nitrogens with zero attached hydrogens (tertiary/aromatic N) is 6. The largest absolute Gasteiger partial charge is 0.508 e. The second kappa shape index (κ2) is 58.4. The lowest BCUT2D eigenvalue weighted by molar-refractivity contribution is -0.149. The topological polar surface area (TPSA) is 623 Å². The molecule has 5 heterocycles. The monoisotopic (exact) mass is 2040 g/mol. The Morgan fingerprint density at radius 1 is 0.510 bits per heavy atom. The summed E-state index contributed by atoms with van der Waals surface area (Å²) in [4.78, 5) is 272. The van der Waals surface area contributed by atoms with Crippen LogP contribution in [0, 0.1) is 11.8 Å². The van der Waals surface area contributed by atoms with E-state index in [4.69, 9.17) is 22.3 Å². The van der Waals surface area contributed by atoms with Crippen LogP contribution in [0.25, 0.3) is 21.8 Å². The number of carboxylic acid groups (broad SMARTS) is 2. The first-order chi connectivity index (χ1) is 69.1. The number of benzene rings is 3. The number of phenolic OH excluding ortho intramolecular Hbond substituents is 1. The van der Waals surface area contributed by atoms with Crippen LogP contribution in [0.2, 0.25) is 0 Å². The highest BCUT2D eigenvalue weighted by molar-refractivity contribution is 8.00. The zero-order valence-electron chi connectivity index (χ0n) is 85.1. The normalized spacial score (nSPS) is 24.0. The maximum Gasteiger partial charge on any atom is 0.323 e. The van der Waals surface area contributed by atoms with Gasteiger partial charge in [0.15, 0.2) is 0 Å². The zero-order chi connectivity index (χ0) is 106. The molecule has 2 unspecified atom stereocenters. The number of nitrogens with one attached hydrogen (secondary N) is 11. The number of carbonyl (C=O) groups is 18. The number of unbranched alkanes of at least 4 members (excludes halogenated alkanes) is 11. The highest BCUT2D eigenvalue weighted by atomic mass is 32.2. The lowest BCUT2D eigenvalue weighted by atomic mass is 9.99. The van der Waals surface area contributed by atoms with Crippen molar-refractivity contribution in [2.24, 2.45) is 29.0 Å². The molecule has 0 bridgehead atoms. The van der Waals surface area contributed by atoms with Crippen molar-refractivity contribution >= 4 is 140 Å². The Labute approximate surface area is 850 Å². The average Bonchev–Trinajstić information content (AvgIpc) is 1.69. The first-order valence-corrected chi connectivity index (χ1v) is 51.9. The first kappa shape index (κ1) is 117. The van der Waals surface area contributed by atoms with Gasteiger partial charge in [0, 0.05) is 119 Å². The van der Waals surface area contributed by atoms with Crippen molar-refractivity contribution in [1.82, 2.24) is 87.2 Å². The third-order valence-corrected chi connectivity index (χ3v) is 27.8. The fourth-order valence-corrected chi connectivity index (χ4v) is 19.5. The number of aliphatic hydroxyl groups excluding tert-OH is 1. The van der Waals surface area contributed by atoms with Gasteiger partial charge in [-0.25, -0.2) is 0 Å². The second-order valence-electron chi connectivity index (χ2n) is 39.1. The van der Waals surface area contributed by atoms with Gasteiger partial charge >= 0.3 is 11.9 Å². The van der Waals surface area contributed by atoms with E-state index in [-0.39, 0.29) is 120 Å². The number of aliphatic carboxylic acids is 2. The van der Waals surface area contributed by atoms with Gasteiger partial charge in [0.05, 0.1) is 18.3 Å². The van der Waals surface area contributed by atoms with Crippen LogP contribution in [0.5, 0.6) is 5.75 Å². The van der Waals surface area contributed by atoms with E-state index in [1.54, 1.807) is 82.4 Å². The molecule has 0 spiro atoms. The third kappa shape index (κ3) is 35.3. The maximum absolute atomic E-state index is 16.1. The van der Waals surface area contributed by atoms with Crippen LogP contribution in [0.1, 0.15) is 219 Å². The number of likely N-dealkylation sites (N-methyl/N-ethyl adjacent to an activating group) is 3. The Hall–Kier alpha value is -12.8. The SMILES string of the molecule is CCCC[C@H]1C(=O)N(C)[C@@H](CCCC)C(=O)NC(CC(C)C)C(=O)N[C@H](C(=O)NCCCCCCCCCCCCC(=O)O)CSCC(=O)N[C@@H](Cc2ccc(O)cc2)C(=O)N(C)[C@@H](C)C(=O)N[C@@H](CC(N)=O)C(=O)N2CCC[C@H]2C(=O)N[C@@H](CN)C(=O)N[C@@H](CC(C)C)C(=O)N2CC(O)C[C@H]2C(=O)N[C@@H](Cc2c[nH]c3ccccc23)C(=O)N[C@@H](CCN)C(=O)N[C@@H](Cc2cn(CC(=O)O)c3ccccc23)C(=O)N1C. The molecule has 0 saturated carbocycles. The van der Waals surface area contributed by atoms with E-state index >= 15 is 38.4 Å². The van der Waals surface area contributed by atoms with Gasteiger partial charge in [-0.2, -0.15) is 0 Å². The number of aromatic amines is 1. The third-order valence-electron chi connectivity index (χ3n) is 26.8. The fraction of sp³-hybridized carbons (Fsp3) is 0.608. The Bertz CT molecular complexity index is 5270. The summed E-state index contributed by atoms with van der Waals surface area (Å²) in [5.74, 6) is -17.6. The number of aromatic nitrogens is 2. The summed E-state index contributed by atoms with van der Waals surface area (Å²) in [5.41, 5.74) is 20.7. The number of carboxylic acids is 2. The molecule has 15 atom stereocenters. The predicted octanol–water partition coefficient (Wildman–Crippen LogP) is 2.65. The average molecular weight is 2040 g/mol. The molecule has 3 fully saturated rings. The van der Waals surface area contributed by atoms with Crippen LogP contribution >= 0.6 is 11.8 Å². The number of hydrogen-bond donors (Lipinski definition) is 18. The second-order valence-corrected chi connectivity index (χ2v) is 40.1. The molecule has 0 aliphatic carbocycles. The van der Waals surface area contributed by atoms with Crippen molar-refractivity contribution in [3.05, 3.63) is 102 Å². The fourth-order valence-electron chi connectivity index (χ4n) is 18.7. The van der Waals surface area contributed by atoms with Crippen molar-refractivity contribution in [3.63, 3.8) is 0 Å². The Balaban J connectivity index is 1.19. The van der Waals surface area contributed by atoms with Crippen LogP contribution in [0.3, 0.4) is 0 Å². The predicted molar refractivity (Wildman–Crippen MR) is 544 cm³/mol. The molecule has 42 nitrogen and oxygen atoms in total. The van der Waals surface area contributed by atoms with Gasteiger partial charge in [0.2, 0.25) is 94.5 Å². The Morgan fingerprint density at radius 3 is 1.68 bits per heavy atom. The molecule has 145 heavy (non-hydrogen) atoms. The highest BCUT2D eigenvalue weighted by Crippen LogP contribution is 2.30. The number of rotatable bonds is 37. The van der Waals surface area contributed by atoms with E-state index in [9.17, 15) is 63.3 Å². The minimum absolute atomic E-state index is 0.00200. The van der Waals surface area contributed by atoms with Crippen LogP contribution < -0.4 is 70.4 Å². The molecular formula is C102H152N20O22S. The molecule has 3 saturated heterocycles. The number of para-hydroxylation sites is 2. The summed E-state index contributed by atoms with van der Waals surface area (Å²) in [7, 11) is 4.01. The van der Waals surface area contributed by atoms with E-state index in [2.05, 4.69) is 58.2 Å². The number of hydrogen-bond acceptors (Lipinski definition) is 23. The summed E-state index contributed by atoms with van der Waals surface area (Å²) in [6, 6.07) is -1.54. The molecule has 3 aliphatic rings. The van der Waals surface area contributed by atoms with E-state index in [0.717, 1.165) is 82.7 Å². The Morgan fingerprint density at radius 2 is 1.04 bits per heavy atom. The number of aliphatic hydroxyl groups is 1. The number of carbonyl (C=O) groups excluding carboxylic acids is 16. The minimum atomic E-state index is -1.76. The molecular weight excluding hydrogens is 1890 g/mol. The van der Waals surface area contributed by atoms with Crippen LogP contribution in [0.4, 0.5) is 0 Å². The summed E-state index contributed by atoms with van der Waals surface area (Å²) in [5, 5.41) is 69.7. The molecule has 0 radical (unpaired) electrons. The number of nitrogens with two attached hydrogens (primary N) is 3. The molecule has 5 aromatic rings. The van der Waals surface area contributed by atoms with Crippen molar-refractivity contribution in [1.29, 1.82) is 0 Å². The summed E-state index contributed by atoms with van der Waals surface area (Å²) in [6.45, 7) is 10.4. The van der Waals surface area contributed by atoms with Gasteiger partial charge in [-0.1, -0.05) is 167 Å². The van der Waals surface area contributed by atoms with Crippen molar-refractivity contribution < 1.29 is 107 Å². The van der Waals surface area contributed by atoms with Gasteiger partial charge < -0.3 is 125 Å².